The highest BCUT2D eigenvalue weighted by Gasteiger charge is 2.11. The van der Waals surface area contributed by atoms with Crippen molar-refractivity contribution in [1.82, 2.24) is 9.80 Å². The van der Waals surface area contributed by atoms with Crippen LogP contribution in [0, 0.1) is 0 Å². The zero-order chi connectivity index (χ0) is 10.7. The molecule has 14 heavy (non-hydrogen) atoms. The second-order valence-electron chi connectivity index (χ2n) is 4.04. The molecule has 0 saturated carbocycles. The second kappa shape index (κ2) is 4.36. The van der Waals surface area contributed by atoms with Gasteiger partial charge in [0.2, 0.25) is 0 Å². The third-order valence-electron chi connectivity index (χ3n) is 2.54. The van der Waals surface area contributed by atoms with Crippen molar-refractivity contribution >= 4 is 0 Å². The maximum Gasteiger partial charge on any atom is 0.0408 e. The largest absolute Gasteiger partial charge is 0.380 e. The summed E-state index contributed by atoms with van der Waals surface area (Å²) in [6.45, 7) is 2.19. The number of allylic oxidation sites excluding steroid dienone is 4. The third kappa shape index (κ3) is 2.19. The summed E-state index contributed by atoms with van der Waals surface area (Å²) in [5.74, 6) is 0. The van der Waals surface area contributed by atoms with Crippen molar-refractivity contribution in [3.63, 3.8) is 0 Å². The standard InChI is InChI=1S/C12H20N2/c1-10-11(13(2)3)8-6-7-9-12(10)14(4)5/h6-8H,9H2,1-5H3. The Morgan fingerprint density at radius 2 is 1.71 bits per heavy atom. The molecule has 1 aliphatic carbocycles. The van der Waals surface area contributed by atoms with Gasteiger partial charge in [0.15, 0.2) is 0 Å². The average Bonchev–Trinajstić information content (AvgIpc) is 2.26. The van der Waals surface area contributed by atoms with Gasteiger partial charge in [0.1, 0.15) is 0 Å². The Morgan fingerprint density at radius 1 is 1.07 bits per heavy atom. The molecule has 0 aliphatic heterocycles. The lowest BCUT2D eigenvalue weighted by atomic mass is 10.1. The highest BCUT2D eigenvalue weighted by atomic mass is 15.1. The van der Waals surface area contributed by atoms with Gasteiger partial charge in [-0.15, -0.1) is 0 Å². The summed E-state index contributed by atoms with van der Waals surface area (Å²) in [5.41, 5.74) is 4.05. The van der Waals surface area contributed by atoms with E-state index in [0.717, 1.165) is 6.42 Å². The van der Waals surface area contributed by atoms with Gasteiger partial charge in [0.25, 0.3) is 0 Å². The van der Waals surface area contributed by atoms with E-state index >= 15 is 0 Å². The topological polar surface area (TPSA) is 6.48 Å². The molecule has 0 amide bonds. The SMILES string of the molecule is CC1=C(N(C)C)CC=CC=C1N(C)C. The molecule has 1 rings (SSSR count). The molecule has 0 atom stereocenters. The highest BCUT2D eigenvalue weighted by Crippen LogP contribution is 2.23. The maximum atomic E-state index is 2.20. The fourth-order valence-electron chi connectivity index (χ4n) is 1.77. The molecular weight excluding hydrogens is 172 g/mol. The molecule has 2 heteroatoms. The van der Waals surface area contributed by atoms with Crippen LogP contribution in [0.25, 0.3) is 0 Å². The quantitative estimate of drug-likeness (QED) is 0.662. The molecular formula is C12H20N2. The number of hydrogen-bond acceptors (Lipinski definition) is 2. The highest BCUT2D eigenvalue weighted by molar-refractivity contribution is 5.37. The Bertz CT molecular complexity index is 282. The van der Waals surface area contributed by atoms with E-state index in [4.69, 9.17) is 0 Å². The van der Waals surface area contributed by atoms with E-state index < -0.39 is 0 Å². The van der Waals surface area contributed by atoms with Crippen molar-refractivity contribution in [2.45, 2.75) is 13.3 Å². The van der Waals surface area contributed by atoms with Gasteiger partial charge < -0.3 is 9.80 Å². The molecule has 1 aliphatic rings. The molecule has 0 spiro atoms. The maximum absolute atomic E-state index is 2.20. The monoisotopic (exact) mass is 192 g/mol. The van der Waals surface area contributed by atoms with Gasteiger partial charge in [0, 0.05) is 46.0 Å². The molecule has 0 bridgehead atoms. The first-order chi connectivity index (χ1) is 6.54. The van der Waals surface area contributed by atoms with Crippen molar-refractivity contribution in [2.75, 3.05) is 28.2 Å². The van der Waals surface area contributed by atoms with E-state index in [2.05, 4.69) is 63.1 Å². The summed E-state index contributed by atoms with van der Waals surface area (Å²) < 4.78 is 0. The van der Waals surface area contributed by atoms with Gasteiger partial charge in [0.05, 0.1) is 0 Å². The number of hydrogen-bond donors (Lipinski definition) is 0. The van der Waals surface area contributed by atoms with Crippen molar-refractivity contribution in [3.8, 4) is 0 Å². The van der Waals surface area contributed by atoms with E-state index in [1.165, 1.54) is 17.0 Å². The van der Waals surface area contributed by atoms with Crippen LogP contribution in [-0.2, 0) is 0 Å². The van der Waals surface area contributed by atoms with Crippen LogP contribution in [0.5, 0.6) is 0 Å². The first kappa shape index (κ1) is 10.9. The summed E-state index contributed by atoms with van der Waals surface area (Å²) in [6, 6.07) is 0. The first-order valence-electron chi connectivity index (χ1n) is 4.95. The predicted molar refractivity (Wildman–Crippen MR) is 61.9 cm³/mol. The second-order valence-corrected chi connectivity index (χ2v) is 4.04. The van der Waals surface area contributed by atoms with Crippen molar-refractivity contribution in [3.05, 3.63) is 35.2 Å². The summed E-state index contributed by atoms with van der Waals surface area (Å²) >= 11 is 0. The molecule has 0 aromatic carbocycles. The number of rotatable bonds is 2. The number of nitrogens with zero attached hydrogens (tertiary/aromatic N) is 2. The van der Waals surface area contributed by atoms with E-state index in [1.807, 2.05) is 0 Å². The van der Waals surface area contributed by atoms with Gasteiger partial charge in [-0.25, -0.2) is 0 Å². The lowest BCUT2D eigenvalue weighted by Crippen LogP contribution is -2.17. The lowest BCUT2D eigenvalue weighted by molar-refractivity contribution is 0.477. The first-order valence-corrected chi connectivity index (χ1v) is 4.95. The van der Waals surface area contributed by atoms with Crippen molar-refractivity contribution in [1.29, 1.82) is 0 Å². The van der Waals surface area contributed by atoms with Gasteiger partial charge in [-0.1, -0.05) is 12.2 Å². The smallest absolute Gasteiger partial charge is 0.0408 e. The third-order valence-corrected chi connectivity index (χ3v) is 2.54. The molecule has 0 aromatic heterocycles. The van der Waals surface area contributed by atoms with Crippen LogP contribution >= 0.6 is 0 Å². The minimum Gasteiger partial charge on any atom is -0.380 e. The Balaban J connectivity index is 3.11. The molecule has 78 valence electrons. The minimum atomic E-state index is 1.02. The Hall–Kier alpha value is -1.18. The molecule has 0 aromatic rings. The Morgan fingerprint density at radius 3 is 2.21 bits per heavy atom. The molecule has 0 fully saturated rings. The van der Waals surface area contributed by atoms with Crippen molar-refractivity contribution in [2.24, 2.45) is 0 Å². The van der Waals surface area contributed by atoms with E-state index in [0.29, 0.717) is 0 Å². The molecule has 0 radical (unpaired) electrons. The molecule has 0 heterocycles. The van der Waals surface area contributed by atoms with Crippen LogP contribution < -0.4 is 0 Å². The van der Waals surface area contributed by atoms with E-state index in [-0.39, 0.29) is 0 Å². The summed E-state index contributed by atoms with van der Waals surface area (Å²) in [4.78, 5) is 4.36. The summed E-state index contributed by atoms with van der Waals surface area (Å²) in [5, 5.41) is 0. The normalized spacial score (nSPS) is 16.5. The van der Waals surface area contributed by atoms with Crippen LogP contribution in [0.2, 0.25) is 0 Å². The van der Waals surface area contributed by atoms with Crippen LogP contribution in [0.1, 0.15) is 13.3 Å². The van der Waals surface area contributed by atoms with Crippen LogP contribution in [0.15, 0.2) is 35.2 Å². The minimum absolute atomic E-state index is 1.02. The fourth-order valence-corrected chi connectivity index (χ4v) is 1.77. The molecule has 0 saturated heterocycles. The van der Waals surface area contributed by atoms with Crippen LogP contribution in [0.4, 0.5) is 0 Å². The van der Waals surface area contributed by atoms with Gasteiger partial charge in [-0.2, -0.15) is 0 Å². The summed E-state index contributed by atoms with van der Waals surface area (Å²) in [7, 11) is 8.38. The Kier molecular flexibility index (Phi) is 3.39. The zero-order valence-electron chi connectivity index (χ0n) is 9.83. The van der Waals surface area contributed by atoms with Crippen molar-refractivity contribution < 1.29 is 0 Å². The van der Waals surface area contributed by atoms with Crippen LogP contribution in [-0.4, -0.2) is 38.0 Å². The summed E-state index contributed by atoms with van der Waals surface area (Å²) in [6.07, 6.45) is 7.53. The zero-order valence-corrected chi connectivity index (χ0v) is 9.83. The number of likely N-dealkylation sites (N-methyl/N-ethyl adjacent to an activating group) is 1. The fraction of sp³-hybridized carbons (Fsp3) is 0.500. The van der Waals surface area contributed by atoms with E-state index in [1.54, 1.807) is 0 Å². The van der Waals surface area contributed by atoms with Gasteiger partial charge in [-0.05, 0) is 18.6 Å². The molecule has 0 unspecified atom stereocenters. The average molecular weight is 192 g/mol. The predicted octanol–water partition coefficient (Wildman–Crippen LogP) is 2.23. The van der Waals surface area contributed by atoms with E-state index in [9.17, 15) is 0 Å². The molecule has 2 nitrogen and oxygen atoms in total. The Labute approximate surface area is 87.2 Å². The van der Waals surface area contributed by atoms with Gasteiger partial charge in [-0.3, -0.25) is 0 Å². The van der Waals surface area contributed by atoms with Crippen LogP contribution in [0.3, 0.4) is 0 Å². The van der Waals surface area contributed by atoms with Gasteiger partial charge >= 0.3 is 0 Å². The lowest BCUT2D eigenvalue weighted by Gasteiger charge is -2.23. The molecule has 0 N–H and O–H groups in total.